The second-order valence-corrected chi connectivity index (χ2v) is 6.98. The lowest BCUT2D eigenvalue weighted by Gasteiger charge is -2.15. The van der Waals surface area contributed by atoms with Gasteiger partial charge in [0.15, 0.2) is 0 Å². The predicted molar refractivity (Wildman–Crippen MR) is 108 cm³/mol. The molecule has 0 aliphatic carbocycles. The Labute approximate surface area is 158 Å². The van der Waals surface area contributed by atoms with Crippen LogP contribution in [0, 0.1) is 0 Å². The van der Waals surface area contributed by atoms with Crippen LogP contribution in [0.2, 0.25) is 0 Å². The van der Waals surface area contributed by atoms with Gasteiger partial charge in [0.05, 0.1) is 6.42 Å². The van der Waals surface area contributed by atoms with Gasteiger partial charge >= 0.3 is 0 Å². The topological polar surface area (TPSA) is 49.4 Å². The highest BCUT2D eigenvalue weighted by atomic mass is 16.2. The summed E-state index contributed by atoms with van der Waals surface area (Å²) in [6.07, 6.45) is 2.47. The lowest BCUT2D eigenvalue weighted by atomic mass is 10.0. The molecule has 3 aromatic carbocycles. The van der Waals surface area contributed by atoms with Crippen molar-refractivity contribution in [3.8, 4) is 0 Å². The average Bonchev–Trinajstić information content (AvgIpc) is 3.23. The Morgan fingerprint density at radius 1 is 0.852 bits per heavy atom. The quantitative estimate of drug-likeness (QED) is 0.758. The van der Waals surface area contributed by atoms with Gasteiger partial charge in [-0.1, -0.05) is 42.5 Å². The van der Waals surface area contributed by atoms with Gasteiger partial charge in [0, 0.05) is 24.3 Å². The van der Waals surface area contributed by atoms with Crippen molar-refractivity contribution in [1.82, 2.24) is 4.90 Å². The number of nitrogens with one attached hydrogen (secondary N) is 1. The van der Waals surface area contributed by atoms with Crippen LogP contribution in [0.15, 0.2) is 66.7 Å². The summed E-state index contributed by atoms with van der Waals surface area (Å²) in [5.41, 5.74) is 2.36. The van der Waals surface area contributed by atoms with Crippen molar-refractivity contribution < 1.29 is 9.59 Å². The molecule has 0 bridgehead atoms. The summed E-state index contributed by atoms with van der Waals surface area (Å²) >= 11 is 0. The number of rotatable bonds is 4. The number of fused-ring (bicyclic) bond motifs is 1. The number of carbonyl (C=O) groups excluding carboxylic acids is 2. The Bertz CT molecular complexity index is 973. The second kappa shape index (κ2) is 7.62. The lowest BCUT2D eigenvalue weighted by Crippen LogP contribution is -2.27. The molecule has 1 N–H and O–H groups in total. The highest BCUT2D eigenvalue weighted by Crippen LogP contribution is 2.18. The fourth-order valence-corrected chi connectivity index (χ4v) is 3.54. The Morgan fingerprint density at radius 3 is 2.30 bits per heavy atom. The van der Waals surface area contributed by atoms with Crippen molar-refractivity contribution >= 4 is 28.3 Å². The fourth-order valence-electron chi connectivity index (χ4n) is 3.54. The van der Waals surface area contributed by atoms with E-state index in [2.05, 4.69) is 11.4 Å². The summed E-state index contributed by atoms with van der Waals surface area (Å²) in [4.78, 5) is 26.6. The van der Waals surface area contributed by atoms with Gasteiger partial charge in [0.1, 0.15) is 0 Å². The zero-order chi connectivity index (χ0) is 18.6. The summed E-state index contributed by atoms with van der Waals surface area (Å²) in [7, 11) is 0. The number of hydrogen-bond acceptors (Lipinski definition) is 2. The van der Waals surface area contributed by atoms with Crippen LogP contribution in [0.5, 0.6) is 0 Å². The van der Waals surface area contributed by atoms with Crippen LogP contribution in [0.25, 0.3) is 10.8 Å². The molecule has 0 unspecified atom stereocenters. The summed E-state index contributed by atoms with van der Waals surface area (Å²) in [5, 5.41) is 5.21. The van der Waals surface area contributed by atoms with Crippen LogP contribution in [0.3, 0.4) is 0 Å². The Kier molecular flexibility index (Phi) is 4.88. The average molecular weight is 358 g/mol. The van der Waals surface area contributed by atoms with E-state index in [0.29, 0.717) is 17.7 Å². The largest absolute Gasteiger partial charge is 0.339 e. The van der Waals surface area contributed by atoms with E-state index in [-0.39, 0.29) is 11.8 Å². The third kappa shape index (κ3) is 4.00. The zero-order valence-corrected chi connectivity index (χ0v) is 15.2. The molecule has 27 heavy (non-hydrogen) atoms. The minimum atomic E-state index is -0.0658. The predicted octanol–water partition coefficient (Wildman–Crippen LogP) is 4.26. The van der Waals surface area contributed by atoms with Crippen LogP contribution in [0.4, 0.5) is 5.69 Å². The van der Waals surface area contributed by atoms with Gasteiger partial charge in [-0.25, -0.2) is 0 Å². The van der Waals surface area contributed by atoms with Crippen LogP contribution in [-0.2, 0) is 11.2 Å². The zero-order valence-electron chi connectivity index (χ0n) is 15.2. The first-order valence-corrected chi connectivity index (χ1v) is 9.36. The summed E-state index contributed by atoms with van der Waals surface area (Å²) in [5.74, 6) is 0.00504. The van der Waals surface area contributed by atoms with E-state index >= 15 is 0 Å². The molecule has 0 saturated carbocycles. The molecule has 1 aliphatic rings. The van der Waals surface area contributed by atoms with E-state index in [1.54, 1.807) is 24.3 Å². The molecule has 0 aromatic heterocycles. The molecule has 4 rings (SSSR count). The number of carbonyl (C=O) groups is 2. The minimum Gasteiger partial charge on any atom is -0.339 e. The van der Waals surface area contributed by atoms with Gasteiger partial charge in [0.2, 0.25) is 5.91 Å². The molecule has 136 valence electrons. The Balaban J connectivity index is 1.39. The van der Waals surface area contributed by atoms with E-state index in [1.165, 1.54) is 5.39 Å². The summed E-state index contributed by atoms with van der Waals surface area (Å²) < 4.78 is 0. The number of likely N-dealkylation sites (tertiary alicyclic amines) is 1. The third-order valence-corrected chi connectivity index (χ3v) is 4.99. The maximum absolute atomic E-state index is 12.4. The molecule has 3 aromatic rings. The van der Waals surface area contributed by atoms with Gasteiger partial charge in [-0.05, 0) is 53.4 Å². The van der Waals surface area contributed by atoms with Gasteiger partial charge in [-0.2, -0.15) is 0 Å². The third-order valence-electron chi connectivity index (χ3n) is 4.99. The van der Waals surface area contributed by atoms with Crippen molar-refractivity contribution in [1.29, 1.82) is 0 Å². The van der Waals surface area contributed by atoms with E-state index in [9.17, 15) is 9.59 Å². The monoisotopic (exact) mass is 358 g/mol. The Hall–Kier alpha value is -3.14. The van der Waals surface area contributed by atoms with Crippen molar-refractivity contribution in [2.24, 2.45) is 0 Å². The van der Waals surface area contributed by atoms with Crippen LogP contribution < -0.4 is 5.32 Å². The minimum absolute atomic E-state index is 0.0658. The number of amides is 2. The van der Waals surface area contributed by atoms with E-state index in [4.69, 9.17) is 0 Å². The van der Waals surface area contributed by atoms with E-state index in [1.807, 2.05) is 41.3 Å². The maximum atomic E-state index is 12.4. The molecular weight excluding hydrogens is 336 g/mol. The smallest absolute Gasteiger partial charge is 0.253 e. The van der Waals surface area contributed by atoms with Crippen LogP contribution >= 0.6 is 0 Å². The summed E-state index contributed by atoms with van der Waals surface area (Å²) in [6, 6.07) is 21.3. The van der Waals surface area contributed by atoms with E-state index in [0.717, 1.165) is 36.9 Å². The molecule has 4 nitrogen and oxygen atoms in total. The highest BCUT2D eigenvalue weighted by molar-refractivity contribution is 5.96. The van der Waals surface area contributed by atoms with Crippen molar-refractivity contribution in [2.75, 3.05) is 18.4 Å². The number of benzene rings is 3. The van der Waals surface area contributed by atoms with E-state index < -0.39 is 0 Å². The molecule has 4 heteroatoms. The summed E-state index contributed by atoms with van der Waals surface area (Å²) in [6.45, 7) is 1.67. The molecule has 1 heterocycles. The van der Waals surface area contributed by atoms with Gasteiger partial charge in [-0.15, -0.1) is 0 Å². The molecule has 0 atom stereocenters. The van der Waals surface area contributed by atoms with Gasteiger partial charge < -0.3 is 10.2 Å². The lowest BCUT2D eigenvalue weighted by molar-refractivity contribution is -0.115. The van der Waals surface area contributed by atoms with Gasteiger partial charge in [0.25, 0.3) is 5.91 Å². The molecule has 1 fully saturated rings. The van der Waals surface area contributed by atoms with Crippen molar-refractivity contribution in [3.05, 3.63) is 77.9 Å². The normalized spacial score (nSPS) is 13.7. The molecule has 1 aliphatic heterocycles. The molecular formula is C23H22N2O2. The number of nitrogens with zero attached hydrogens (tertiary/aromatic N) is 1. The second-order valence-electron chi connectivity index (χ2n) is 6.98. The first-order chi connectivity index (χ1) is 13.2. The van der Waals surface area contributed by atoms with Gasteiger partial charge in [-0.3, -0.25) is 9.59 Å². The molecule has 1 saturated heterocycles. The SMILES string of the molecule is O=C(Cc1ccc2ccccc2c1)Nc1ccc(C(=O)N2CCCC2)cc1. The Morgan fingerprint density at radius 2 is 1.56 bits per heavy atom. The molecule has 0 spiro atoms. The molecule has 2 amide bonds. The van der Waals surface area contributed by atoms with Crippen molar-refractivity contribution in [3.63, 3.8) is 0 Å². The molecule has 0 radical (unpaired) electrons. The first kappa shape index (κ1) is 17.3. The fraction of sp³-hybridized carbons (Fsp3) is 0.217. The number of hydrogen-bond donors (Lipinski definition) is 1. The number of anilines is 1. The first-order valence-electron chi connectivity index (χ1n) is 9.36. The van der Waals surface area contributed by atoms with Crippen LogP contribution in [0.1, 0.15) is 28.8 Å². The maximum Gasteiger partial charge on any atom is 0.253 e. The van der Waals surface area contributed by atoms with Crippen molar-refractivity contribution in [2.45, 2.75) is 19.3 Å². The standard InChI is InChI=1S/C23H22N2O2/c26-22(16-17-7-8-18-5-1-2-6-20(18)15-17)24-21-11-9-19(10-12-21)23(27)25-13-3-4-14-25/h1-2,5-12,15H,3-4,13-14,16H2,(H,24,26). The van der Waals surface area contributed by atoms with Crippen LogP contribution in [-0.4, -0.2) is 29.8 Å². The highest BCUT2D eigenvalue weighted by Gasteiger charge is 2.19.